The predicted molar refractivity (Wildman–Crippen MR) is 53.6 cm³/mol. The molecule has 0 spiro atoms. The van der Waals surface area contributed by atoms with Crippen LogP contribution < -0.4 is 0 Å². The Hall–Kier alpha value is -0.570. The van der Waals surface area contributed by atoms with E-state index in [9.17, 15) is 18.9 Å². The second-order valence-corrected chi connectivity index (χ2v) is 3.65. The normalized spacial score (nSPS) is 10.6. The second kappa shape index (κ2) is 4.30. The van der Waals surface area contributed by atoms with E-state index in [4.69, 9.17) is 11.6 Å². The van der Waals surface area contributed by atoms with Crippen molar-refractivity contribution in [3.05, 3.63) is 30.5 Å². The maximum absolute atomic E-state index is 12.3. The van der Waals surface area contributed by atoms with Gasteiger partial charge >= 0.3 is 5.82 Å². The number of rotatable bonds is 2. The van der Waals surface area contributed by atoms with Crippen molar-refractivity contribution in [2.45, 2.75) is 6.43 Å². The number of hydrogen-bond donors (Lipinski definition) is 0. The van der Waals surface area contributed by atoms with Crippen molar-refractivity contribution in [3.63, 3.8) is 0 Å². The smallest absolute Gasteiger partial charge is 0.358 e. The van der Waals surface area contributed by atoms with E-state index >= 15 is 0 Å². The van der Waals surface area contributed by atoms with E-state index in [1.165, 1.54) is 22.6 Å². The Morgan fingerprint density at radius 3 is 2.57 bits per heavy atom. The average Bonchev–Trinajstić information content (AvgIpc) is 2.01. The largest absolute Gasteiger partial charge is 0.366 e. The number of halogens is 4. The molecule has 0 unspecified atom stereocenters. The molecule has 0 saturated heterocycles. The molecule has 0 aliphatic rings. The van der Waals surface area contributed by atoms with Gasteiger partial charge in [-0.15, -0.1) is 0 Å². The van der Waals surface area contributed by atoms with Gasteiger partial charge in [0.15, 0.2) is 0 Å². The molecule has 0 atom stereocenters. The molecule has 8 heteroatoms. The third kappa shape index (κ3) is 2.27. The molecule has 0 N–H and O–H groups in total. The lowest BCUT2D eigenvalue weighted by Crippen LogP contribution is -1.99. The van der Waals surface area contributed by atoms with Crippen LogP contribution in [0, 0.1) is 13.8 Å². The van der Waals surface area contributed by atoms with E-state index in [-0.39, 0.29) is 8.72 Å². The van der Waals surface area contributed by atoms with Crippen LogP contribution in [0.2, 0.25) is 5.02 Å². The maximum atomic E-state index is 12.3. The Labute approximate surface area is 95.6 Å². The zero-order chi connectivity index (χ0) is 10.9. The Morgan fingerprint density at radius 2 is 2.21 bits per heavy atom. The summed E-state index contributed by atoms with van der Waals surface area (Å²) in [7, 11) is 0. The molecule has 1 aromatic heterocycles. The van der Waals surface area contributed by atoms with Gasteiger partial charge in [-0.2, -0.15) is 0 Å². The molecular formula is C6H2ClF2IN2O2. The summed E-state index contributed by atoms with van der Waals surface area (Å²) in [6.45, 7) is 0. The summed E-state index contributed by atoms with van der Waals surface area (Å²) in [6.07, 6.45) is -2.79. The summed E-state index contributed by atoms with van der Waals surface area (Å²) in [5, 5.41) is 9.94. The second-order valence-electron chi connectivity index (χ2n) is 2.22. The van der Waals surface area contributed by atoms with Crippen molar-refractivity contribution in [1.29, 1.82) is 0 Å². The number of nitro groups is 1. The number of pyridine rings is 1. The fourth-order valence-electron chi connectivity index (χ4n) is 0.771. The summed E-state index contributed by atoms with van der Waals surface area (Å²) in [5.41, 5.74) is -0.474. The standard InChI is InChI=1S/C6H2ClF2IN2O2/c7-2-1-3(12(13)14)11-6(10)4(2)5(8)9/h1,5H. The van der Waals surface area contributed by atoms with Crippen molar-refractivity contribution in [2.75, 3.05) is 0 Å². The van der Waals surface area contributed by atoms with E-state index < -0.39 is 22.7 Å². The molecule has 0 bridgehead atoms. The number of alkyl halides is 2. The zero-order valence-electron chi connectivity index (χ0n) is 6.38. The molecule has 0 aliphatic carbocycles. The molecule has 0 fully saturated rings. The molecule has 1 aromatic rings. The monoisotopic (exact) mass is 334 g/mol. The van der Waals surface area contributed by atoms with Crippen LogP contribution in [0.4, 0.5) is 14.6 Å². The first-order chi connectivity index (χ1) is 6.43. The minimum atomic E-state index is -2.79. The molecule has 1 rings (SSSR count). The van der Waals surface area contributed by atoms with Gasteiger partial charge in [0.1, 0.15) is 0 Å². The zero-order valence-corrected chi connectivity index (χ0v) is 9.29. The number of nitrogens with zero attached hydrogens (tertiary/aromatic N) is 2. The highest BCUT2D eigenvalue weighted by Crippen LogP contribution is 2.32. The lowest BCUT2D eigenvalue weighted by atomic mass is 10.3. The summed E-state index contributed by atoms with van der Waals surface area (Å²) in [5.74, 6) is -0.538. The first kappa shape index (κ1) is 11.5. The van der Waals surface area contributed by atoms with Gasteiger partial charge in [0.25, 0.3) is 6.43 Å². The fraction of sp³-hybridized carbons (Fsp3) is 0.167. The van der Waals surface area contributed by atoms with Crippen molar-refractivity contribution in [3.8, 4) is 0 Å². The summed E-state index contributed by atoms with van der Waals surface area (Å²) < 4.78 is 24.5. The Bertz CT molecular complexity index is 365. The molecule has 0 saturated carbocycles. The fourth-order valence-corrected chi connectivity index (χ4v) is 1.97. The van der Waals surface area contributed by atoms with Gasteiger partial charge in [0, 0.05) is 22.6 Å². The Morgan fingerprint density at radius 1 is 1.64 bits per heavy atom. The predicted octanol–water partition coefficient (Wildman–Crippen LogP) is 3.19. The molecule has 1 heterocycles. The van der Waals surface area contributed by atoms with Gasteiger partial charge in [-0.05, 0) is 9.91 Å². The minimum Gasteiger partial charge on any atom is -0.358 e. The highest BCUT2D eigenvalue weighted by molar-refractivity contribution is 14.1. The van der Waals surface area contributed by atoms with E-state index in [0.717, 1.165) is 6.07 Å². The molecule has 76 valence electrons. The van der Waals surface area contributed by atoms with Gasteiger partial charge in [-0.1, -0.05) is 11.6 Å². The van der Waals surface area contributed by atoms with Gasteiger partial charge in [-0.25, -0.2) is 8.78 Å². The summed E-state index contributed by atoms with van der Waals surface area (Å²) >= 11 is 6.92. The van der Waals surface area contributed by atoms with Crippen LogP contribution in [-0.4, -0.2) is 9.91 Å². The highest BCUT2D eigenvalue weighted by Gasteiger charge is 2.24. The third-order valence-corrected chi connectivity index (χ3v) is 2.49. The molecule has 0 aliphatic heterocycles. The van der Waals surface area contributed by atoms with E-state index in [0.29, 0.717) is 0 Å². The molecular weight excluding hydrogens is 332 g/mol. The van der Waals surface area contributed by atoms with Crippen molar-refractivity contribution in [1.82, 2.24) is 4.98 Å². The lowest BCUT2D eigenvalue weighted by Gasteiger charge is -2.02. The lowest BCUT2D eigenvalue weighted by molar-refractivity contribution is -0.389. The van der Waals surface area contributed by atoms with Gasteiger partial charge < -0.3 is 10.1 Å². The average molecular weight is 334 g/mol. The van der Waals surface area contributed by atoms with Gasteiger partial charge in [0.05, 0.1) is 16.7 Å². The van der Waals surface area contributed by atoms with Crippen molar-refractivity contribution < 1.29 is 13.7 Å². The molecule has 0 aromatic carbocycles. The van der Waals surface area contributed by atoms with Crippen LogP contribution in [0.25, 0.3) is 0 Å². The Kier molecular flexibility index (Phi) is 3.53. The van der Waals surface area contributed by atoms with Crippen LogP contribution >= 0.6 is 34.2 Å². The quantitative estimate of drug-likeness (QED) is 0.361. The number of aromatic nitrogens is 1. The van der Waals surface area contributed by atoms with E-state index in [2.05, 4.69) is 4.98 Å². The van der Waals surface area contributed by atoms with Crippen molar-refractivity contribution >= 4 is 40.0 Å². The van der Waals surface area contributed by atoms with Crippen molar-refractivity contribution in [2.24, 2.45) is 0 Å². The van der Waals surface area contributed by atoms with E-state index in [1.807, 2.05) is 0 Å². The van der Waals surface area contributed by atoms with E-state index in [1.54, 1.807) is 0 Å². The third-order valence-electron chi connectivity index (χ3n) is 1.35. The first-order valence-electron chi connectivity index (χ1n) is 3.22. The summed E-state index contributed by atoms with van der Waals surface area (Å²) in [4.78, 5) is 12.9. The number of hydrogen-bond acceptors (Lipinski definition) is 3. The van der Waals surface area contributed by atoms with Crippen LogP contribution in [0.3, 0.4) is 0 Å². The van der Waals surface area contributed by atoms with Crippen LogP contribution in [0.5, 0.6) is 0 Å². The molecule has 0 radical (unpaired) electrons. The topological polar surface area (TPSA) is 56.0 Å². The van der Waals surface area contributed by atoms with Crippen LogP contribution in [-0.2, 0) is 0 Å². The SMILES string of the molecule is O=[N+]([O-])c1cc(Cl)c(C(F)F)c(I)n1. The minimum absolute atomic E-state index is 0.156. The molecule has 0 amide bonds. The van der Waals surface area contributed by atoms with Crippen LogP contribution in [0.15, 0.2) is 6.07 Å². The maximum Gasteiger partial charge on any atom is 0.366 e. The first-order valence-corrected chi connectivity index (χ1v) is 4.67. The van der Waals surface area contributed by atoms with Gasteiger partial charge in [-0.3, -0.25) is 0 Å². The molecule has 14 heavy (non-hydrogen) atoms. The molecule has 4 nitrogen and oxygen atoms in total. The highest BCUT2D eigenvalue weighted by atomic mass is 127. The van der Waals surface area contributed by atoms with Gasteiger partial charge in [0.2, 0.25) is 3.70 Å². The summed E-state index contributed by atoms with van der Waals surface area (Å²) in [6, 6.07) is 0.811. The van der Waals surface area contributed by atoms with Crippen LogP contribution in [0.1, 0.15) is 12.0 Å². The Balaban J connectivity index is 3.32.